The summed E-state index contributed by atoms with van der Waals surface area (Å²) in [6, 6.07) is 7.89. The van der Waals surface area contributed by atoms with Crippen LogP contribution in [0, 0.1) is 5.82 Å². The van der Waals surface area contributed by atoms with Crippen molar-refractivity contribution in [3.05, 3.63) is 47.9 Å². The molecular weight excluding hydrogens is 366 g/mol. The zero-order chi connectivity index (χ0) is 17.2. The Labute approximate surface area is 141 Å². The van der Waals surface area contributed by atoms with Crippen molar-refractivity contribution in [3.63, 3.8) is 0 Å². The fraction of sp³-hybridized carbons (Fsp3) is 0.0769. The second-order valence-electron chi connectivity index (χ2n) is 4.37. The van der Waals surface area contributed by atoms with Gasteiger partial charge in [-0.2, -0.15) is 13.2 Å². The van der Waals surface area contributed by atoms with Gasteiger partial charge in [0.05, 0.1) is 0 Å². The molecule has 0 saturated heterocycles. The number of hydrogen-bond acceptors (Lipinski definition) is 7. The first-order valence-corrected chi connectivity index (χ1v) is 7.98. The van der Waals surface area contributed by atoms with Crippen molar-refractivity contribution in [1.29, 1.82) is 0 Å². The summed E-state index contributed by atoms with van der Waals surface area (Å²) in [7, 11) is 0. The SMILES string of the molecule is Fc1cccc(Nc2nnc(Sc3ccc(C(F)(F)F)nn3)s2)c1. The van der Waals surface area contributed by atoms with Crippen molar-refractivity contribution in [2.75, 3.05) is 5.32 Å². The third-order valence-electron chi connectivity index (χ3n) is 2.60. The maximum absolute atomic E-state index is 13.1. The van der Waals surface area contributed by atoms with Gasteiger partial charge in [-0.25, -0.2) is 4.39 Å². The van der Waals surface area contributed by atoms with Gasteiger partial charge in [-0.15, -0.1) is 20.4 Å². The number of halogens is 4. The molecule has 0 bridgehead atoms. The summed E-state index contributed by atoms with van der Waals surface area (Å²) < 4.78 is 50.8. The summed E-state index contributed by atoms with van der Waals surface area (Å²) in [5.74, 6) is -0.390. The van der Waals surface area contributed by atoms with Gasteiger partial charge >= 0.3 is 6.18 Å². The first-order valence-electron chi connectivity index (χ1n) is 6.35. The molecule has 11 heteroatoms. The monoisotopic (exact) mass is 373 g/mol. The predicted octanol–water partition coefficient (Wildman–Crippen LogP) is 4.38. The molecule has 124 valence electrons. The Balaban J connectivity index is 1.68. The van der Waals surface area contributed by atoms with Crippen molar-refractivity contribution < 1.29 is 17.6 Å². The van der Waals surface area contributed by atoms with E-state index in [1.807, 2.05) is 0 Å². The van der Waals surface area contributed by atoms with Gasteiger partial charge in [-0.3, -0.25) is 0 Å². The van der Waals surface area contributed by atoms with Crippen molar-refractivity contribution in [2.24, 2.45) is 0 Å². The van der Waals surface area contributed by atoms with E-state index in [1.54, 1.807) is 12.1 Å². The van der Waals surface area contributed by atoms with Crippen LogP contribution in [0.5, 0.6) is 0 Å². The Morgan fingerprint density at radius 3 is 2.50 bits per heavy atom. The highest BCUT2D eigenvalue weighted by atomic mass is 32.2. The number of hydrogen-bond donors (Lipinski definition) is 1. The highest BCUT2D eigenvalue weighted by molar-refractivity contribution is 8.01. The molecule has 2 heterocycles. The number of nitrogens with zero attached hydrogens (tertiary/aromatic N) is 4. The fourth-order valence-corrected chi connectivity index (χ4v) is 3.24. The van der Waals surface area contributed by atoms with Crippen molar-refractivity contribution in [3.8, 4) is 0 Å². The van der Waals surface area contributed by atoms with E-state index in [1.165, 1.54) is 18.2 Å². The van der Waals surface area contributed by atoms with Gasteiger partial charge in [0.2, 0.25) is 5.13 Å². The van der Waals surface area contributed by atoms with Crippen LogP contribution in [0.25, 0.3) is 0 Å². The minimum atomic E-state index is -4.53. The van der Waals surface area contributed by atoms with Crippen molar-refractivity contribution in [1.82, 2.24) is 20.4 Å². The van der Waals surface area contributed by atoms with Crippen LogP contribution in [-0.2, 0) is 6.18 Å². The molecule has 0 saturated carbocycles. The molecule has 3 aromatic rings. The highest BCUT2D eigenvalue weighted by Crippen LogP contribution is 2.33. The number of nitrogens with one attached hydrogen (secondary N) is 1. The van der Waals surface area contributed by atoms with Crippen LogP contribution < -0.4 is 5.32 Å². The Morgan fingerprint density at radius 1 is 1.00 bits per heavy atom. The highest BCUT2D eigenvalue weighted by Gasteiger charge is 2.32. The predicted molar refractivity (Wildman–Crippen MR) is 80.7 cm³/mol. The molecular formula is C13H7F4N5S2. The van der Waals surface area contributed by atoms with Crippen LogP contribution in [-0.4, -0.2) is 20.4 Å². The largest absolute Gasteiger partial charge is 0.435 e. The summed E-state index contributed by atoms with van der Waals surface area (Å²) in [6.45, 7) is 0. The maximum atomic E-state index is 13.1. The smallest absolute Gasteiger partial charge is 0.330 e. The molecule has 0 fully saturated rings. The summed E-state index contributed by atoms with van der Waals surface area (Å²) >= 11 is 2.19. The summed E-state index contributed by atoms with van der Waals surface area (Å²) in [5, 5.41) is 18.0. The zero-order valence-corrected chi connectivity index (χ0v) is 13.2. The van der Waals surface area contributed by atoms with E-state index in [-0.39, 0.29) is 10.8 Å². The third kappa shape index (κ3) is 4.17. The normalized spacial score (nSPS) is 11.5. The number of rotatable bonds is 4. The standard InChI is InChI=1S/C13H7F4N5S2/c14-7-2-1-3-8(6-7)18-11-21-22-12(24-11)23-10-5-4-9(19-20-10)13(15,16)17/h1-6H,(H,18,21). The number of anilines is 2. The maximum Gasteiger partial charge on any atom is 0.435 e. The molecule has 3 rings (SSSR count). The van der Waals surface area contributed by atoms with Crippen LogP contribution in [0.1, 0.15) is 5.69 Å². The van der Waals surface area contributed by atoms with E-state index in [0.717, 1.165) is 29.2 Å². The van der Waals surface area contributed by atoms with Gasteiger partial charge < -0.3 is 5.32 Å². The topological polar surface area (TPSA) is 63.6 Å². The van der Waals surface area contributed by atoms with Crippen molar-refractivity contribution >= 4 is 33.9 Å². The molecule has 0 atom stereocenters. The zero-order valence-electron chi connectivity index (χ0n) is 11.6. The van der Waals surface area contributed by atoms with Gasteiger partial charge in [-0.1, -0.05) is 17.4 Å². The lowest BCUT2D eigenvalue weighted by Gasteiger charge is -2.04. The minimum Gasteiger partial charge on any atom is -0.330 e. The van der Waals surface area contributed by atoms with Gasteiger partial charge in [0.15, 0.2) is 10.0 Å². The average molecular weight is 373 g/mol. The van der Waals surface area contributed by atoms with Gasteiger partial charge in [-0.05, 0) is 42.1 Å². The Morgan fingerprint density at radius 2 is 1.83 bits per heavy atom. The third-order valence-corrected chi connectivity index (χ3v) is 4.42. The van der Waals surface area contributed by atoms with E-state index >= 15 is 0 Å². The molecule has 24 heavy (non-hydrogen) atoms. The second-order valence-corrected chi connectivity index (χ2v) is 6.61. The lowest BCUT2D eigenvalue weighted by Crippen LogP contribution is -2.08. The van der Waals surface area contributed by atoms with Gasteiger partial charge in [0, 0.05) is 5.69 Å². The molecule has 0 amide bonds. The number of aromatic nitrogens is 4. The molecule has 1 aromatic carbocycles. The molecule has 0 aliphatic carbocycles. The average Bonchev–Trinajstić information content (AvgIpc) is 2.94. The Kier molecular flexibility index (Phi) is 4.62. The molecule has 5 nitrogen and oxygen atoms in total. The van der Waals surface area contributed by atoms with E-state index in [0.29, 0.717) is 15.2 Å². The molecule has 1 N–H and O–H groups in total. The summed E-state index contributed by atoms with van der Waals surface area (Å²) in [5.41, 5.74) is -0.547. The summed E-state index contributed by atoms with van der Waals surface area (Å²) in [6.07, 6.45) is -4.53. The van der Waals surface area contributed by atoms with Crippen LogP contribution in [0.3, 0.4) is 0 Å². The molecule has 0 aliphatic rings. The van der Waals surface area contributed by atoms with Crippen LogP contribution in [0.15, 0.2) is 45.8 Å². The lowest BCUT2D eigenvalue weighted by atomic mass is 10.3. The van der Waals surface area contributed by atoms with Crippen molar-refractivity contribution in [2.45, 2.75) is 15.5 Å². The Hall–Kier alpha value is -2.27. The van der Waals surface area contributed by atoms with E-state index in [2.05, 4.69) is 25.7 Å². The first kappa shape index (κ1) is 16.6. The van der Waals surface area contributed by atoms with Crippen LogP contribution >= 0.6 is 23.1 Å². The number of alkyl halides is 3. The van der Waals surface area contributed by atoms with Crippen LogP contribution in [0.4, 0.5) is 28.4 Å². The molecule has 0 spiro atoms. The Bertz CT molecular complexity index is 835. The first-order chi connectivity index (χ1) is 11.4. The summed E-state index contributed by atoms with van der Waals surface area (Å²) in [4.78, 5) is 0. The molecule has 0 radical (unpaired) electrons. The quantitative estimate of drug-likeness (QED) is 0.685. The minimum absolute atomic E-state index is 0.261. The number of benzene rings is 1. The van der Waals surface area contributed by atoms with Gasteiger partial charge in [0.25, 0.3) is 0 Å². The van der Waals surface area contributed by atoms with E-state index in [4.69, 9.17) is 0 Å². The van der Waals surface area contributed by atoms with E-state index in [9.17, 15) is 17.6 Å². The molecule has 0 unspecified atom stereocenters. The molecule has 2 aromatic heterocycles. The lowest BCUT2D eigenvalue weighted by molar-refractivity contribution is -0.141. The van der Waals surface area contributed by atoms with E-state index < -0.39 is 11.9 Å². The second kappa shape index (κ2) is 6.69. The molecule has 0 aliphatic heterocycles. The fourth-order valence-electron chi connectivity index (χ4n) is 1.61. The van der Waals surface area contributed by atoms with Gasteiger partial charge in [0.1, 0.15) is 10.8 Å². The van der Waals surface area contributed by atoms with Crippen LogP contribution in [0.2, 0.25) is 0 Å².